The molecule has 1 saturated heterocycles. The Hall–Kier alpha value is -12.2. The van der Waals surface area contributed by atoms with E-state index in [-0.39, 0.29) is 94.4 Å². The van der Waals surface area contributed by atoms with Gasteiger partial charge in [0, 0.05) is 38.0 Å². The third kappa shape index (κ3) is 39.4. The van der Waals surface area contributed by atoms with Gasteiger partial charge in [-0.1, -0.05) is 181 Å². The second-order valence-corrected chi connectivity index (χ2v) is 37.0. The number of aliphatic hydroxyl groups is 2. The fourth-order valence-electron chi connectivity index (χ4n) is 14.8. The van der Waals surface area contributed by atoms with E-state index in [4.69, 9.17) is 17.2 Å². The predicted octanol–water partition coefficient (Wildman–Crippen LogP) is -1.85. The first kappa shape index (κ1) is 115. The summed E-state index contributed by atoms with van der Waals surface area (Å²) < 4.78 is 0. The number of thiol groups is 1. The molecule has 0 radical (unpaired) electrons. The number of carbonyl (C=O) groups is 19. The van der Waals surface area contributed by atoms with E-state index >= 15 is 0 Å². The largest absolute Gasteiger partial charge is 0.480 e. The van der Waals surface area contributed by atoms with Gasteiger partial charge in [-0.25, -0.2) is 4.79 Å². The standard InChI is InChI=1S/C93H143N19O22S/c1-17-52(12)74(90(130)106-64(41-50(8)9)80(120)99-61(93(133)134)35-36-71(95)115)109-88(128)70-34-27-37-112(70)92(132)76(56(16)114)111-86(126)67(44-59-32-25-20-26-33-59)104-83(123)65(42-57-28-21-18-22-29-57)100-77(117)53(13)98-91(131)75(55(15)113)110-89(129)73(51(10)11)108-78(118)54(14)97-87(127)69(46-135)107-84(124)66(43-58-30-23-19-24-31-58)103-85(125)68(45-72(96)116)105-82(122)63(40-49(6)7)102-81(121)62(39-48(4)5)101-79(119)60(94)38-47(2)3/h18-26,28-33,47-56,60-70,73-76,113-114,135H,17,27,34-46,94H2,1-16H3,(H2,95,115)(H2,96,116)(H,97,127)(H,98,131)(H,99,120)(H,100,117)(H,101,119)(H,102,121)(H,103,125)(H,104,123)(H,105,122)(H,106,130)(H,107,124)(H,108,118)(H,109,128)(H,110,129)(H,111,126)(H,133,134)/t52-,53-,54-,55+,56+,60-,61-,62-,63-,64-,65-,66-,67-,68-,69-,70-,73-,74-,75-,76-/m0/s1. The lowest BCUT2D eigenvalue weighted by molar-refractivity contribution is -0.145. The number of carboxylic acids is 1. The van der Waals surface area contributed by atoms with Crippen LogP contribution in [0.1, 0.15) is 192 Å². The lowest BCUT2D eigenvalue weighted by Gasteiger charge is -2.33. The predicted molar refractivity (Wildman–Crippen MR) is 503 cm³/mol. The number of likely N-dealkylation sites (tertiary alicyclic amines) is 1. The first-order chi connectivity index (χ1) is 63.4. The molecule has 1 aliphatic heterocycles. The second-order valence-electron chi connectivity index (χ2n) is 36.6. The summed E-state index contributed by atoms with van der Waals surface area (Å²) in [6.45, 7) is 25.8. The van der Waals surface area contributed by atoms with Crippen molar-refractivity contribution in [1.82, 2.24) is 84.7 Å². The minimum absolute atomic E-state index is 0.0230. The molecule has 3 aromatic carbocycles. The van der Waals surface area contributed by atoms with Crippen LogP contribution >= 0.6 is 12.6 Å². The highest BCUT2D eigenvalue weighted by atomic mass is 32.1. The Labute approximate surface area is 794 Å². The molecule has 1 fully saturated rings. The van der Waals surface area contributed by atoms with Crippen LogP contribution in [-0.2, 0) is 110 Å². The first-order valence-electron chi connectivity index (χ1n) is 45.9. The van der Waals surface area contributed by atoms with Gasteiger partial charge in [0.1, 0.15) is 96.7 Å². The smallest absolute Gasteiger partial charge is 0.326 e. The van der Waals surface area contributed by atoms with Crippen molar-refractivity contribution in [2.75, 3.05) is 12.3 Å². The highest BCUT2D eigenvalue weighted by Gasteiger charge is 2.44. The zero-order valence-corrected chi connectivity index (χ0v) is 80.8. The molecule has 1 heterocycles. The van der Waals surface area contributed by atoms with Crippen LogP contribution in [0.4, 0.5) is 0 Å². The highest BCUT2D eigenvalue weighted by Crippen LogP contribution is 2.23. The number of carbonyl (C=O) groups excluding carboxylic acids is 18. The van der Waals surface area contributed by atoms with E-state index in [0.717, 1.165) is 11.8 Å². The molecule has 20 atom stereocenters. The number of nitrogens with one attached hydrogen (secondary N) is 15. The molecule has 0 aromatic heterocycles. The molecule has 0 unspecified atom stereocenters. The van der Waals surface area contributed by atoms with Gasteiger partial charge in [0.15, 0.2) is 0 Å². The molecule has 0 aliphatic carbocycles. The maximum atomic E-state index is 14.9. The Morgan fingerprint density at radius 1 is 0.378 bits per heavy atom. The number of hydrogen-bond acceptors (Lipinski definition) is 23. The number of nitrogens with two attached hydrogens (primary N) is 3. The van der Waals surface area contributed by atoms with Crippen LogP contribution in [0, 0.1) is 35.5 Å². The lowest BCUT2D eigenvalue weighted by Crippen LogP contribution is -2.63. The summed E-state index contributed by atoms with van der Waals surface area (Å²) in [7, 11) is 0. The number of hydrogen-bond donors (Lipinski definition) is 22. The van der Waals surface area contributed by atoms with Gasteiger partial charge in [-0.2, -0.15) is 12.6 Å². The summed E-state index contributed by atoms with van der Waals surface area (Å²) in [5, 5.41) is 70.7. The van der Waals surface area contributed by atoms with Gasteiger partial charge in [0.05, 0.1) is 24.7 Å². The molecule has 42 heteroatoms. The number of aliphatic hydroxyl groups excluding tert-OH is 2. The third-order valence-corrected chi connectivity index (χ3v) is 22.8. The van der Waals surface area contributed by atoms with Crippen LogP contribution in [0.2, 0.25) is 0 Å². The number of amides is 18. The molecule has 748 valence electrons. The van der Waals surface area contributed by atoms with Crippen molar-refractivity contribution in [2.45, 2.75) is 309 Å². The minimum Gasteiger partial charge on any atom is -0.480 e. The number of nitrogens with zero attached hydrogens (tertiary/aromatic N) is 1. The van der Waals surface area contributed by atoms with Crippen molar-refractivity contribution < 1.29 is 106 Å². The molecule has 0 spiro atoms. The molecule has 3 aromatic rings. The van der Waals surface area contributed by atoms with E-state index in [1.165, 1.54) is 34.6 Å². The number of aliphatic carboxylic acids is 1. The SMILES string of the molecule is CC[C@H](C)[C@H](NC(=O)[C@@H]1CCCN1C(=O)[C@@H](NC(=O)[C@H](Cc1ccccc1)NC(=O)[C@H](Cc1ccccc1)NC(=O)[C@H](C)NC(=O)[C@@H](NC(=O)[C@@H](NC(=O)[C@H](C)NC(=O)[C@H](CS)NC(=O)[C@H](Cc1ccccc1)NC(=O)[C@H](CC(N)=O)NC(=O)[C@H](CC(C)C)NC(=O)[C@H](CC(C)C)NC(=O)[C@@H](N)CC(C)C)C(C)C)[C@@H](C)O)[C@@H](C)O)C(=O)N[C@@H](CC(C)C)C(=O)N[C@@H](CCC(N)=O)C(=O)O. The monoisotopic (exact) mass is 1910 g/mol. The van der Waals surface area contributed by atoms with E-state index in [1.54, 1.807) is 133 Å². The van der Waals surface area contributed by atoms with Crippen molar-refractivity contribution in [3.05, 3.63) is 108 Å². The second kappa shape index (κ2) is 56.9. The molecular weight excluding hydrogens is 1770 g/mol. The van der Waals surface area contributed by atoms with E-state index in [9.17, 15) is 106 Å². The van der Waals surface area contributed by atoms with Gasteiger partial charge in [0.2, 0.25) is 106 Å². The Bertz CT molecular complexity index is 4510. The summed E-state index contributed by atoms with van der Waals surface area (Å²) in [5.74, 6) is -20.2. The maximum absolute atomic E-state index is 14.9. The summed E-state index contributed by atoms with van der Waals surface area (Å²) >= 11 is 4.30. The summed E-state index contributed by atoms with van der Waals surface area (Å²) in [5.41, 5.74) is 18.5. The third-order valence-electron chi connectivity index (χ3n) is 22.5. The average Bonchev–Trinajstić information content (AvgIpc) is 1.69. The van der Waals surface area contributed by atoms with Crippen LogP contribution in [0.25, 0.3) is 0 Å². The van der Waals surface area contributed by atoms with Crippen LogP contribution in [0.5, 0.6) is 0 Å². The summed E-state index contributed by atoms with van der Waals surface area (Å²) in [6.07, 6.45) is -4.31. The van der Waals surface area contributed by atoms with Crippen molar-refractivity contribution in [3.8, 4) is 0 Å². The Kier molecular flexibility index (Phi) is 48.5. The van der Waals surface area contributed by atoms with Crippen molar-refractivity contribution in [2.24, 2.45) is 52.7 Å². The molecular formula is C93H143N19O22S. The molecule has 0 saturated carbocycles. The van der Waals surface area contributed by atoms with Gasteiger partial charge in [-0.15, -0.1) is 0 Å². The fraction of sp³-hybridized carbons (Fsp3) is 0.602. The van der Waals surface area contributed by atoms with Crippen LogP contribution in [0.15, 0.2) is 91.0 Å². The van der Waals surface area contributed by atoms with Crippen LogP contribution in [0.3, 0.4) is 0 Å². The Morgan fingerprint density at radius 3 is 1.11 bits per heavy atom. The minimum atomic E-state index is -1.83. The molecule has 24 N–H and O–H groups in total. The maximum Gasteiger partial charge on any atom is 0.326 e. The number of carboxylic acid groups (broad SMARTS) is 1. The zero-order chi connectivity index (χ0) is 102. The molecule has 135 heavy (non-hydrogen) atoms. The van der Waals surface area contributed by atoms with Gasteiger partial charge >= 0.3 is 5.97 Å². The summed E-state index contributed by atoms with van der Waals surface area (Å²) in [4.78, 5) is 265. The van der Waals surface area contributed by atoms with E-state index < -0.39 is 251 Å². The Morgan fingerprint density at radius 2 is 0.711 bits per heavy atom. The Balaban J connectivity index is 1.52. The van der Waals surface area contributed by atoms with E-state index in [2.05, 4.69) is 92.4 Å². The van der Waals surface area contributed by atoms with Gasteiger partial charge in [-0.05, 0) is 125 Å². The lowest BCUT2D eigenvalue weighted by atomic mass is 9.96. The fourth-order valence-corrected chi connectivity index (χ4v) is 15.1. The number of primary amides is 2. The van der Waals surface area contributed by atoms with Crippen LogP contribution < -0.4 is 97.0 Å². The number of benzene rings is 3. The van der Waals surface area contributed by atoms with Crippen molar-refractivity contribution in [3.63, 3.8) is 0 Å². The quantitative estimate of drug-likeness (QED) is 0.0276. The summed E-state index contributed by atoms with van der Waals surface area (Å²) in [6, 6.07) is 0.0419. The molecule has 4 rings (SSSR count). The number of rotatable bonds is 57. The zero-order valence-electron chi connectivity index (χ0n) is 79.9. The topological polar surface area (TPSA) is 647 Å². The van der Waals surface area contributed by atoms with Crippen molar-refractivity contribution >= 4 is 125 Å². The van der Waals surface area contributed by atoms with Crippen LogP contribution in [-0.4, -0.2) is 260 Å². The van der Waals surface area contributed by atoms with E-state index in [0.29, 0.717) is 29.5 Å². The highest BCUT2D eigenvalue weighted by molar-refractivity contribution is 7.80. The first-order valence-corrected chi connectivity index (χ1v) is 46.5. The molecule has 18 amide bonds. The average molecular weight is 1910 g/mol. The molecule has 41 nitrogen and oxygen atoms in total. The molecule has 1 aliphatic rings. The van der Waals surface area contributed by atoms with Gasteiger partial charge in [0.25, 0.3) is 0 Å². The normalized spacial score (nSPS) is 16.7. The van der Waals surface area contributed by atoms with Crippen molar-refractivity contribution in [1.29, 1.82) is 0 Å². The van der Waals surface area contributed by atoms with E-state index in [1.807, 2.05) is 27.7 Å². The van der Waals surface area contributed by atoms with Gasteiger partial charge < -0.3 is 117 Å². The molecule has 0 bridgehead atoms. The van der Waals surface area contributed by atoms with Gasteiger partial charge in [-0.3, -0.25) is 86.3 Å².